The molecule has 1 fully saturated rings. The lowest BCUT2D eigenvalue weighted by Crippen LogP contribution is -2.42. The normalized spacial score (nSPS) is 15.4. The van der Waals surface area contributed by atoms with Gasteiger partial charge in [0.15, 0.2) is 15.8 Å². The molecule has 0 bridgehead atoms. The number of aliphatic imine (C=N–C) groups is 1. The van der Waals surface area contributed by atoms with E-state index in [4.69, 9.17) is 0 Å². The number of hydrogen-bond acceptors (Lipinski definition) is 4. The summed E-state index contributed by atoms with van der Waals surface area (Å²) in [5.41, 5.74) is 0. The molecular formula is C15H31IN4O3S. The van der Waals surface area contributed by atoms with Crippen LogP contribution in [0, 0.1) is 5.92 Å². The maximum Gasteiger partial charge on any atom is 0.223 e. The van der Waals surface area contributed by atoms with Gasteiger partial charge >= 0.3 is 0 Å². The molecule has 1 rings (SSSR count). The maximum atomic E-state index is 12.0. The fraction of sp³-hybridized carbons (Fsp3) is 0.867. The van der Waals surface area contributed by atoms with E-state index in [0.717, 1.165) is 12.8 Å². The summed E-state index contributed by atoms with van der Waals surface area (Å²) in [5.74, 6) is 0.910. The highest BCUT2D eigenvalue weighted by Crippen LogP contribution is 2.28. The average Bonchev–Trinajstić information content (AvgIpc) is 3.26. The zero-order valence-corrected chi connectivity index (χ0v) is 18.2. The third-order valence-corrected chi connectivity index (χ3v) is 6.16. The number of nitrogens with one attached hydrogen (secondary N) is 3. The van der Waals surface area contributed by atoms with Crippen molar-refractivity contribution in [2.24, 2.45) is 10.9 Å². The molecule has 1 amide bonds. The molecule has 0 heterocycles. The zero-order valence-electron chi connectivity index (χ0n) is 15.0. The maximum absolute atomic E-state index is 12.0. The predicted molar refractivity (Wildman–Crippen MR) is 109 cm³/mol. The number of amides is 1. The fourth-order valence-electron chi connectivity index (χ4n) is 1.78. The summed E-state index contributed by atoms with van der Waals surface area (Å²) in [6, 6.07) is 0. The average molecular weight is 474 g/mol. The Morgan fingerprint density at radius 2 is 1.71 bits per heavy atom. The van der Waals surface area contributed by atoms with Gasteiger partial charge in [-0.1, -0.05) is 0 Å². The second-order valence-electron chi connectivity index (χ2n) is 6.68. The van der Waals surface area contributed by atoms with Crippen molar-refractivity contribution < 1.29 is 13.2 Å². The Morgan fingerprint density at radius 3 is 2.21 bits per heavy atom. The van der Waals surface area contributed by atoms with Crippen LogP contribution < -0.4 is 16.0 Å². The van der Waals surface area contributed by atoms with E-state index >= 15 is 0 Å². The molecule has 1 saturated carbocycles. The van der Waals surface area contributed by atoms with Gasteiger partial charge < -0.3 is 16.0 Å². The summed E-state index contributed by atoms with van der Waals surface area (Å²) in [6.45, 7) is 9.00. The van der Waals surface area contributed by atoms with Crippen LogP contribution in [-0.2, 0) is 14.6 Å². The van der Waals surface area contributed by atoms with E-state index < -0.39 is 14.6 Å². The highest BCUT2D eigenvalue weighted by Gasteiger charge is 2.29. The van der Waals surface area contributed by atoms with Crippen molar-refractivity contribution in [3.8, 4) is 0 Å². The van der Waals surface area contributed by atoms with E-state index in [1.165, 1.54) is 0 Å². The van der Waals surface area contributed by atoms with Gasteiger partial charge in [-0.3, -0.25) is 9.79 Å². The van der Waals surface area contributed by atoms with E-state index in [-0.39, 0.29) is 48.1 Å². The van der Waals surface area contributed by atoms with Crippen LogP contribution in [0.1, 0.15) is 40.5 Å². The van der Waals surface area contributed by atoms with Gasteiger partial charge in [-0.05, 0) is 40.5 Å². The van der Waals surface area contributed by atoms with Gasteiger partial charge in [0.25, 0.3) is 0 Å². The molecule has 0 aliphatic heterocycles. The van der Waals surface area contributed by atoms with Crippen molar-refractivity contribution in [3.05, 3.63) is 0 Å². The number of carbonyl (C=O) groups excluding carboxylic acids is 1. The van der Waals surface area contributed by atoms with Crippen LogP contribution in [0.25, 0.3) is 0 Å². The minimum absolute atomic E-state index is 0. The molecule has 0 radical (unpaired) electrons. The fourth-order valence-corrected chi connectivity index (χ4v) is 2.73. The molecule has 0 saturated heterocycles. The molecule has 1 aliphatic carbocycles. The molecule has 0 spiro atoms. The van der Waals surface area contributed by atoms with Gasteiger partial charge in [-0.2, -0.15) is 0 Å². The second kappa shape index (κ2) is 10.4. The van der Waals surface area contributed by atoms with Gasteiger partial charge in [0.1, 0.15) is 0 Å². The van der Waals surface area contributed by atoms with Crippen LogP contribution in [0.5, 0.6) is 0 Å². The number of carbonyl (C=O) groups is 1. The minimum Gasteiger partial charge on any atom is -0.357 e. The lowest BCUT2D eigenvalue weighted by atomic mass is 10.3. The van der Waals surface area contributed by atoms with E-state index in [0.29, 0.717) is 25.6 Å². The van der Waals surface area contributed by atoms with Gasteiger partial charge in [-0.15, -0.1) is 24.0 Å². The van der Waals surface area contributed by atoms with Gasteiger partial charge in [0.2, 0.25) is 5.91 Å². The monoisotopic (exact) mass is 474 g/mol. The van der Waals surface area contributed by atoms with Crippen molar-refractivity contribution in [3.63, 3.8) is 0 Å². The molecule has 0 aromatic carbocycles. The third kappa shape index (κ3) is 8.50. The predicted octanol–water partition coefficient (Wildman–Crippen LogP) is 0.899. The molecule has 3 N–H and O–H groups in total. The summed E-state index contributed by atoms with van der Waals surface area (Å²) in [4.78, 5) is 15.8. The second-order valence-corrected chi connectivity index (χ2v) is 9.55. The van der Waals surface area contributed by atoms with E-state index in [1.807, 2.05) is 6.92 Å². The molecule has 7 nitrogen and oxygen atoms in total. The largest absolute Gasteiger partial charge is 0.357 e. The Labute approximate surface area is 162 Å². The van der Waals surface area contributed by atoms with Gasteiger partial charge in [-0.25, -0.2) is 8.42 Å². The highest BCUT2D eigenvalue weighted by atomic mass is 127. The van der Waals surface area contributed by atoms with E-state index in [2.05, 4.69) is 20.9 Å². The Balaban J connectivity index is 0.00000529. The number of sulfone groups is 1. The van der Waals surface area contributed by atoms with E-state index in [9.17, 15) is 13.2 Å². The number of rotatable bonds is 8. The van der Waals surface area contributed by atoms with Gasteiger partial charge in [0.05, 0.1) is 17.0 Å². The van der Waals surface area contributed by atoms with Crippen molar-refractivity contribution >= 4 is 45.7 Å². The van der Waals surface area contributed by atoms with Crippen molar-refractivity contribution in [1.29, 1.82) is 0 Å². The molecule has 0 aromatic rings. The molecule has 142 valence electrons. The molecule has 0 unspecified atom stereocenters. The summed E-state index contributed by atoms with van der Waals surface area (Å²) < 4.78 is 23.3. The van der Waals surface area contributed by atoms with Crippen molar-refractivity contribution in [1.82, 2.24) is 16.0 Å². The number of hydrogen-bond donors (Lipinski definition) is 3. The summed E-state index contributed by atoms with van der Waals surface area (Å²) in [7, 11) is -3.17. The molecule has 1 aliphatic rings. The molecular weight excluding hydrogens is 443 g/mol. The lowest BCUT2D eigenvalue weighted by Gasteiger charge is -2.18. The first-order chi connectivity index (χ1) is 10.7. The van der Waals surface area contributed by atoms with Gasteiger partial charge in [0, 0.05) is 25.6 Å². The summed E-state index contributed by atoms with van der Waals surface area (Å²) in [5, 5.41) is 9.01. The molecule has 0 aromatic heterocycles. The minimum atomic E-state index is -3.17. The standard InChI is InChI=1S/C15H30N4O3S.HI/c1-5-16-14(18-9-8-17-13(20)12-6-7-12)19-10-11-23(21,22)15(2,3)4;/h12H,5-11H2,1-4H3,(H,17,20)(H2,16,18,19);1H. The molecule has 24 heavy (non-hydrogen) atoms. The number of nitrogens with zero attached hydrogens (tertiary/aromatic N) is 1. The first kappa shape index (κ1) is 23.4. The smallest absolute Gasteiger partial charge is 0.223 e. The zero-order chi connectivity index (χ0) is 17.5. The molecule has 0 atom stereocenters. The Bertz CT molecular complexity index is 525. The molecule has 9 heteroatoms. The van der Waals surface area contributed by atoms with Crippen LogP contribution in [0.15, 0.2) is 4.99 Å². The third-order valence-electron chi connectivity index (χ3n) is 3.57. The summed E-state index contributed by atoms with van der Waals surface area (Å²) in [6.07, 6.45) is 1.98. The Kier molecular flexibility index (Phi) is 10.2. The van der Waals surface area contributed by atoms with Crippen LogP contribution in [0.4, 0.5) is 0 Å². The lowest BCUT2D eigenvalue weighted by molar-refractivity contribution is -0.122. The quantitative estimate of drug-likeness (QED) is 0.210. The highest BCUT2D eigenvalue weighted by molar-refractivity contribution is 14.0. The van der Waals surface area contributed by atoms with Crippen molar-refractivity contribution in [2.45, 2.75) is 45.3 Å². The van der Waals surface area contributed by atoms with Crippen LogP contribution >= 0.6 is 24.0 Å². The van der Waals surface area contributed by atoms with Crippen LogP contribution in [-0.4, -0.2) is 57.0 Å². The number of halogens is 1. The van der Waals surface area contributed by atoms with Crippen LogP contribution in [0.2, 0.25) is 0 Å². The van der Waals surface area contributed by atoms with E-state index in [1.54, 1.807) is 20.8 Å². The SMILES string of the molecule is CCNC(=NCCS(=O)(=O)C(C)(C)C)NCCNC(=O)C1CC1.I. The first-order valence-corrected chi connectivity index (χ1v) is 9.85. The Hall–Kier alpha value is -0.580. The topological polar surface area (TPSA) is 99.7 Å². The van der Waals surface area contributed by atoms with Crippen molar-refractivity contribution in [2.75, 3.05) is 31.9 Å². The number of guanidine groups is 1. The Morgan fingerprint density at radius 1 is 1.12 bits per heavy atom. The summed E-state index contributed by atoms with van der Waals surface area (Å²) >= 11 is 0. The van der Waals surface area contributed by atoms with Crippen LogP contribution in [0.3, 0.4) is 0 Å². The first-order valence-electron chi connectivity index (χ1n) is 8.19.